The van der Waals surface area contributed by atoms with Gasteiger partial charge in [-0.15, -0.1) is 0 Å². The number of ether oxygens (including phenoxy) is 1. The second-order valence-corrected chi connectivity index (χ2v) is 4.49. The molecule has 0 aliphatic carbocycles. The molecule has 0 aliphatic heterocycles. The van der Waals surface area contributed by atoms with E-state index in [-0.39, 0.29) is 24.7 Å². The molecule has 1 aromatic heterocycles. The number of benzene rings is 1. The van der Waals surface area contributed by atoms with E-state index >= 15 is 0 Å². The van der Waals surface area contributed by atoms with Crippen LogP contribution < -0.4 is 5.32 Å². The summed E-state index contributed by atoms with van der Waals surface area (Å²) in [6.07, 6.45) is 0.599. The Balaban J connectivity index is 2.09. The molecule has 2 rings (SSSR count). The second-order valence-electron chi connectivity index (χ2n) is 4.49. The number of aliphatic hydroxyl groups is 1. The lowest BCUT2D eigenvalue weighted by molar-refractivity contribution is 0.0603. The third-order valence-electron chi connectivity index (χ3n) is 2.88. The Labute approximate surface area is 121 Å². The maximum Gasteiger partial charge on any atom is 0.287 e. The highest BCUT2D eigenvalue weighted by Crippen LogP contribution is 2.25. The first-order chi connectivity index (χ1) is 10.1. The van der Waals surface area contributed by atoms with Gasteiger partial charge in [-0.1, -0.05) is 12.1 Å². The molecule has 0 saturated carbocycles. The van der Waals surface area contributed by atoms with Gasteiger partial charge in [0.15, 0.2) is 5.76 Å². The van der Waals surface area contributed by atoms with E-state index in [0.717, 1.165) is 0 Å². The number of aliphatic hydroxyl groups excluding tert-OH is 1. The number of methoxy groups -OCH3 is 1. The Morgan fingerprint density at radius 3 is 2.76 bits per heavy atom. The predicted octanol–water partition coefficient (Wildman–Crippen LogP) is 1.82. The minimum absolute atomic E-state index is 0.0518. The van der Waals surface area contributed by atoms with Crippen LogP contribution in [0.5, 0.6) is 0 Å². The number of hydrogen-bond donors (Lipinski definition) is 2. The average molecular weight is 293 g/mol. The number of amides is 1. The average Bonchev–Trinajstić information content (AvgIpc) is 2.95. The second kappa shape index (κ2) is 7.01. The minimum Gasteiger partial charge on any atom is -0.459 e. The third-order valence-corrected chi connectivity index (χ3v) is 2.88. The van der Waals surface area contributed by atoms with Gasteiger partial charge in [0.1, 0.15) is 5.82 Å². The normalized spacial score (nSPS) is 12.1. The van der Waals surface area contributed by atoms with Crippen molar-refractivity contribution in [1.82, 2.24) is 5.32 Å². The van der Waals surface area contributed by atoms with Crippen LogP contribution in [0.4, 0.5) is 4.39 Å². The molecule has 6 heteroatoms. The van der Waals surface area contributed by atoms with Gasteiger partial charge in [0.25, 0.3) is 5.91 Å². The molecule has 1 amide bonds. The number of rotatable bonds is 6. The Morgan fingerprint density at radius 1 is 1.38 bits per heavy atom. The summed E-state index contributed by atoms with van der Waals surface area (Å²) in [5.41, 5.74) is 1.24. The van der Waals surface area contributed by atoms with Gasteiger partial charge in [0.2, 0.25) is 0 Å². The summed E-state index contributed by atoms with van der Waals surface area (Å²) in [7, 11) is 1.46. The van der Waals surface area contributed by atoms with Crippen molar-refractivity contribution < 1.29 is 23.4 Å². The van der Waals surface area contributed by atoms with Gasteiger partial charge in [0, 0.05) is 19.2 Å². The quantitative estimate of drug-likeness (QED) is 0.852. The van der Waals surface area contributed by atoms with Gasteiger partial charge >= 0.3 is 0 Å². The van der Waals surface area contributed by atoms with Crippen molar-refractivity contribution in [3.8, 4) is 11.1 Å². The third kappa shape index (κ3) is 3.90. The van der Waals surface area contributed by atoms with Crippen molar-refractivity contribution in [1.29, 1.82) is 0 Å². The molecule has 0 spiro atoms. The van der Waals surface area contributed by atoms with Crippen molar-refractivity contribution in [3.05, 3.63) is 48.2 Å². The zero-order valence-corrected chi connectivity index (χ0v) is 11.5. The van der Waals surface area contributed by atoms with Crippen LogP contribution in [-0.4, -0.2) is 37.4 Å². The highest BCUT2D eigenvalue weighted by Gasteiger charge is 2.17. The van der Waals surface area contributed by atoms with E-state index in [9.17, 15) is 14.3 Å². The summed E-state index contributed by atoms with van der Waals surface area (Å²) in [5, 5.41) is 12.1. The van der Waals surface area contributed by atoms with Crippen molar-refractivity contribution in [3.63, 3.8) is 0 Å². The number of halogens is 1. The van der Waals surface area contributed by atoms with Crippen molar-refractivity contribution in [2.24, 2.45) is 0 Å². The molecule has 21 heavy (non-hydrogen) atoms. The van der Waals surface area contributed by atoms with Crippen LogP contribution in [-0.2, 0) is 4.74 Å². The van der Waals surface area contributed by atoms with Gasteiger partial charge in [0.05, 0.1) is 19.0 Å². The predicted molar refractivity (Wildman–Crippen MR) is 74.3 cm³/mol. The molecule has 1 aromatic carbocycles. The molecule has 0 fully saturated rings. The maximum absolute atomic E-state index is 12.9. The number of nitrogens with one attached hydrogen (secondary N) is 1. The van der Waals surface area contributed by atoms with Crippen molar-refractivity contribution in [2.75, 3.05) is 20.3 Å². The highest BCUT2D eigenvalue weighted by molar-refractivity contribution is 5.98. The molecule has 0 radical (unpaired) electrons. The zero-order chi connectivity index (χ0) is 15.2. The van der Waals surface area contributed by atoms with Crippen LogP contribution in [0.15, 0.2) is 41.0 Å². The molecule has 0 aliphatic rings. The Bertz CT molecular complexity index is 594. The van der Waals surface area contributed by atoms with Crippen LogP contribution in [0.1, 0.15) is 10.6 Å². The Hall–Kier alpha value is -2.18. The molecule has 112 valence electrons. The lowest BCUT2D eigenvalue weighted by atomic mass is 10.1. The zero-order valence-electron chi connectivity index (χ0n) is 11.5. The summed E-state index contributed by atoms with van der Waals surface area (Å²) in [4.78, 5) is 12.0. The maximum atomic E-state index is 12.9. The van der Waals surface area contributed by atoms with Gasteiger partial charge in [-0.2, -0.15) is 0 Å². The molecule has 2 N–H and O–H groups in total. The first-order valence-electron chi connectivity index (χ1n) is 6.40. The molecular formula is C15H16FNO4. The van der Waals surface area contributed by atoms with Crippen LogP contribution >= 0.6 is 0 Å². The summed E-state index contributed by atoms with van der Waals surface area (Å²) in [5.74, 6) is -0.684. The monoisotopic (exact) mass is 293 g/mol. The molecule has 1 atom stereocenters. The summed E-state index contributed by atoms with van der Waals surface area (Å²) in [6.45, 7) is 0.180. The molecule has 2 aromatic rings. The van der Waals surface area contributed by atoms with E-state index in [1.54, 1.807) is 18.2 Å². The fourth-order valence-electron chi connectivity index (χ4n) is 1.88. The van der Waals surface area contributed by atoms with E-state index in [1.807, 2.05) is 0 Å². The molecule has 0 unspecified atom stereocenters. The summed E-state index contributed by atoms with van der Waals surface area (Å²) in [6, 6.07) is 7.39. The van der Waals surface area contributed by atoms with E-state index in [0.29, 0.717) is 11.1 Å². The van der Waals surface area contributed by atoms with E-state index in [4.69, 9.17) is 9.15 Å². The highest BCUT2D eigenvalue weighted by atomic mass is 19.1. The standard InChI is InChI=1S/C15H16FNO4/c1-20-9-12(18)8-17-15(19)14-13(6-7-21-14)10-2-4-11(16)5-3-10/h2-7,12,18H,8-9H2,1H3,(H,17,19)/t12-/m0/s1. The first kappa shape index (κ1) is 15.2. The van der Waals surface area contributed by atoms with Gasteiger partial charge < -0.3 is 19.6 Å². The number of hydrogen-bond acceptors (Lipinski definition) is 4. The number of carbonyl (C=O) groups is 1. The van der Waals surface area contributed by atoms with E-state index in [2.05, 4.69) is 5.32 Å². The molecule has 0 bridgehead atoms. The summed E-state index contributed by atoms with van der Waals surface area (Å²) >= 11 is 0. The van der Waals surface area contributed by atoms with Crippen LogP contribution in [0.3, 0.4) is 0 Å². The van der Waals surface area contributed by atoms with E-state index in [1.165, 1.54) is 25.5 Å². The fraction of sp³-hybridized carbons (Fsp3) is 0.267. The van der Waals surface area contributed by atoms with Crippen molar-refractivity contribution in [2.45, 2.75) is 6.10 Å². The Morgan fingerprint density at radius 2 is 2.10 bits per heavy atom. The fourth-order valence-corrected chi connectivity index (χ4v) is 1.88. The summed E-state index contributed by atoms with van der Waals surface area (Å²) < 4.78 is 22.9. The molecule has 5 nitrogen and oxygen atoms in total. The SMILES string of the molecule is COC[C@@H](O)CNC(=O)c1occc1-c1ccc(F)cc1. The molecular weight excluding hydrogens is 277 g/mol. The topological polar surface area (TPSA) is 71.7 Å². The first-order valence-corrected chi connectivity index (χ1v) is 6.40. The number of furan rings is 1. The lowest BCUT2D eigenvalue weighted by Crippen LogP contribution is -2.34. The van der Waals surface area contributed by atoms with Crippen LogP contribution in [0, 0.1) is 5.82 Å². The Kier molecular flexibility index (Phi) is 5.08. The largest absolute Gasteiger partial charge is 0.459 e. The van der Waals surface area contributed by atoms with Gasteiger partial charge in [-0.05, 0) is 23.8 Å². The smallest absolute Gasteiger partial charge is 0.287 e. The number of carbonyl (C=O) groups excluding carboxylic acids is 1. The molecule has 1 heterocycles. The van der Waals surface area contributed by atoms with Gasteiger partial charge in [-0.3, -0.25) is 4.79 Å². The lowest BCUT2D eigenvalue weighted by Gasteiger charge is -2.10. The van der Waals surface area contributed by atoms with Crippen LogP contribution in [0.25, 0.3) is 11.1 Å². The van der Waals surface area contributed by atoms with E-state index < -0.39 is 12.0 Å². The molecule has 0 saturated heterocycles. The minimum atomic E-state index is -0.789. The van der Waals surface area contributed by atoms with Gasteiger partial charge in [-0.25, -0.2) is 4.39 Å². The van der Waals surface area contributed by atoms with Crippen LogP contribution in [0.2, 0.25) is 0 Å². The van der Waals surface area contributed by atoms with Crippen molar-refractivity contribution >= 4 is 5.91 Å².